The van der Waals surface area contributed by atoms with E-state index in [-0.39, 0.29) is 0 Å². The number of benzene rings is 1. The van der Waals surface area contributed by atoms with Gasteiger partial charge in [0.15, 0.2) is 5.92 Å². The molecule has 0 amide bonds. The molecule has 0 fully saturated rings. The summed E-state index contributed by atoms with van der Waals surface area (Å²) in [6.07, 6.45) is 0. The third-order valence-corrected chi connectivity index (χ3v) is 2.02. The fourth-order valence-corrected chi connectivity index (χ4v) is 1.16. The molecule has 72 valence electrons. The van der Waals surface area contributed by atoms with Crippen LogP contribution in [0.2, 0.25) is 5.02 Å². The van der Waals surface area contributed by atoms with Gasteiger partial charge in [0.05, 0.1) is 13.2 Å². The summed E-state index contributed by atoms with van der Waals surface area (Å²) in [5.74, 6) is -1.44. The highest BCUT2D eigenvalue weighted by atomic mass is 35.5. The van der Waals surface area contributed by atoms with Gasteiger partial charge in [-0.1, -0.05) is 23.7 Å². The summed E-state index contributed by atoms with van der Waals surface area (Å²) < 4.78 is 4.49. The van der Waals surface area contributed by atoms with Crippen molar-refractivity contribution in [3.63, 3.8) is 0 Å². The molecule has 0 aromatic heterocycles. The molecule has 0 aliphatic heterocycles. The summed E-state index contributed by atoms with van der Waals surface area (Å²) in [5, 5.41) is 9.33. The zero-order valence-electron chi connectivity index (χ0n) is 7.53. The topological polar surface area (TPSA) is 50.1 Å². The minimum atomic E-state index is -0.878. The van der Waals surface area contributed by atoms with Crippen LogP contribution in [-0.4, -0.2) is 13.1 Å². The molecule has 3 nitrogen and oxygen atoms in total. The minimum Gasteiger partial charge on any atom is -0.468 e. The third-order valence-electron chi connectivity index (χ3n) is 1.77. The SMILES string of the molecule is COC(=O)[C@@H](C#N)c1ccc(Cl)cc1. The highest BCUT2D eigenvalue weighted by Crippen LogP contribution is 2.18. The van der Waals surface area contributed by atoms with Gasteiger partial charge in [-0.2, -0.15) is 5.26 Å². The van der Waals surface area contributed by atoms with Crippen molar-refractivity contribution in [2.24, 2.45) is 0 Å². The van der Waals surface area contributed by atoms with Crippen LogP contribution in [0.25, 0.3) is 0 Å². The summed E-state index contributed by atoms with van der Waals surface area (Å²) in [7, 11) is 1.25. The lowest BCUT2D eigenvalue weighted by molar-refractivity contribution is -0.140. The molecule has 4 heteroatoms. The first-order chi connectivity index (χ1) is 6.69. The van der Waals surface area contributed by atoms with Crippen molar-refractivity contribution in [1.82, 2.24) is 0 Å². The lowest BCUT2D eigenvalue weighted by atomic mass is 10.0. The Morgan fingerprint density at radius 1 is 1.50 bits per heavy atom. The summed E-state index contributed by atoms with van der Waals surface area (Å²) in [6.45, 7) is 0. The summed E-state index contributed by atoms with van der Waals surface area (Å²) in [5.41, 5.74) is 0.587. The molecule has 1 aromatic rings. The molecule has 1 rings (SSSR count). The standard InChI is InChI=1S/C10H8ClNO2/c1-14-10(13)9(6-12)7-2-4-8(11)5-3-7/h2-5,9H,1H3/t9-/m0/s1. The van der Waals surface area contributed by atoms with Gasteiger partial charge in [0.1, 0.15) is 0 Å². The minimum absolute atomic E-state index is 0.560. The Hall–Kier alpha value is -1.53. The van der Waals surface area contributed by atoms with Crippen LogP contribution in [0.15, 0.2) is 24.3 Å². The smallest absolute Gasteiger partial charge is 0.327 e. The van der Waals surface area contributed by atoms with Crippen LogP contribution in [0, 0.1) is 11.3 Å². The molecule has 0 unspecified atom stereocenters. The molecule has 14 heavy (non-hydrogen) atoms. The van der Waals surface area contributed by atoms with E-state index in [2.05, 4.69) is 4.74 Å². The second-order valence-corrected chi connectivity index (χ2v) is 3.07. The van der Waals surface area contributed by atoms with Gasteiger partial charge in [0.25, 0.3) is 0 Å². The first-order valence-corrected chi connectivity index (χ1v) is 4.29. The van der Waals surface area contributed by atoms with E-state index in [1.807, 2.05) is 6.07 Å². The maximum atomic E-state index is 11.2. The number of hydrogen-bond donors (Lipinski definition) is 0. The highest BCUT2D eigenvalue weighted by Gasteiger charge is 2.20. The Labute approximate surface area is 86.9 Å². The first-order valence-electron chi connectivity index (χ1n) is 3.92. The molecule has 0 heterocycles. The van der Waals surface area contributed by atoms with E-state index in [1.165, 1.54) is 7.11 Å². The van der Waals surface area contributed by atoms with Crippen LogP contribution in [0.1, 0.15) is 11.5 Å². The normalized spacial score (nSPS) is 11.5. The summed E-state index contributed by atoms with van der Waals surface area (Å²) >= 11 is 5.67. The monoisotopic (exact) mass is 209 g/mol. The zero-order chi connectivity index (χ0) is 10.6. The van der Waals surface area contributed by atoms with Crippen LogP contribution in [0.5, 0.6) is 0 Å². The second kappa shape index (κ2) is 4.64. The molecular weight excluding hydrogens is 202 g/mol. The van der Waals surface area contributed by atoms with E-state index in [0.717, 1.165) is 0 Å². The molecular formula is C10H8ClNO2. The first kappa shape index (κ1) is 10.6. The average Bonchev–Trinajstić information content (AvgIpc) is 2.21. The van der Waals surface area contributed by atoms with Crippen molar-refractivity contribution < 1.29 is 9.53 Å². The van der Waals surface area contributed by atoms with E-state index in [0.29, 0.717) is 10.6 Å². The average molecular weight is 210 g/mol. The number of methoxy groups -OCH3 is 1. The summed E-state index contributed by atoms with van der Waals surface area (Å²) in [4.78, 5) is 11.2. The van der Waals surface area contributed by atoms with Crippen molar-refractivity contribution in [2.75, 3.05) is 7.11 Å². The molecule has 0 aliphatic rings. The van der Waals surface area contributed by atoms with Gasteiger partial charge in [-0.3, -0.25) is 4.79 Å². The molecule has 0 bridgehead atoms. The van der Waals surface area contributed by atoms with Crippen molar-refractivity contribution in [3.8, 4) is 6.07 Å². The largest absolute Gasteiger partial charge is 0.468 e. The fraction of sp³-hybridized carbons (Fsp3) is 0.200. The Bertz CT molecular complexity index is 367. The van der Waals surface area contributed by atoms with E-state index in [9.17, 15) is 4.79 Å². The van der Waals surface area contributed by atoms with Crippen LogP contribution in [-0.2, 0) is 9.53 Å². The number of carbonyl (C=O) groups excluding carboxylic acids is 1. The maximum Gasteiger partial charge on any atom is 0.327 e. The maximum absolute atomic E-state index is 11.2. The van der Waals surface area contributed by atoms with Crippen molar-refractivity contribution in [1.29, 1.82) is 5.26 Å². The molecule has 0 aliphatic carbocycles. The Kier molecular flexibility index (Phi) is 3.49. The van der Waals surface area contributed by atoms with E-state index >= 15 is 0 Å². The predicted octanol–water partition coefficient (Wildman–Crippen LogP) is 2.12. The molecule has 0 saturated heterocycles. The third kappa shape index (κ3) is 2.24. The van der Waals surface area contributed by atoms with Crippen molar-refractivity contribution in [2.45, 2.75) is 5.92 Å². The van der Waals surface area contributed by atoms with Crippen LogP contribution < -0.4 is 0 Å². The summed E-state index contributed by atoms with van der Waals surface area (Å²) in [6, 6.07) is 8.39. The number of rotatable bonds is 2. The highest BCUT2D eigenvalue weighted by molar-refractivity contribution is 6.30. The Morgan fingerprint density at radius 2 is 2.07 bits per heavy atom. The Balaban J connectivity index is 2.97. The Morgan fingerprint density at radius 3 is 2.50 bits per heavy atom. The number of esters is 1. The van der Waals surface area contributed by atoms with Gasteiger partial charge >= 0.3 is 5.97 Å². The molecule has 0 spiro atoms. The van der Waals surface area contributed by atoms with Gasteiger partial charge in [0.2, 0.25) is 0 Å². The second-order valence-electron chi connectivity index (χ2n) is 2.64. The van der Waals surface area contributed by atoms with E-state index in [1.54, 1.807) is 24.3 Å². The van der Waals surface area contributed by atoms with Gasteiger partial charge in [-0.25, -0.2) is 0 Å². The number of halogens is 1. The molecule has 0 radical (unpaired) electrons. The van der Waals surface area contributed by atoms with Crippen LogP contribution in [0.4, 0.5) is 0 Å². The lowest BCUT2D eigenvalue weighted by Crippen LogP contribution is -2.12. The number of ether oxygens (including phenoxy) is 1. The van der Waals surface area contributed by atoms with Gasteiger partial charge in [-0.15, -0.1) is 0 Å². The molecule has 1 aromatic carbocycles. The zero-order valence-corrected chi connectivity index (χ0v) is 8.28. The quantitative estimate of drug-likeness (QED) is 0.701. The number of carbonyl (C=O) groups is 1. The molecule has 0 saturated carbocycles. The van der Waals surface area contributed by atoms with Crippen LogP contribution >= 0.6 is 11.6 Å². The molecule has 0 N–H and O–H groups in total. The number of nitrogens with zero attached hydrogens (tertiary/aromatic N) is 1. The lowest BCUT2D eigenvalue weighted by Gasteiger charge is -2.06. The van der Waals surface area contributed by atoms with E-state index < -0.39 is 11.9 Å². The van der Waals surface area contributed by atoms with Gasteiger partial charge in [0, 0.05) is 5.02 Å². The molecule has 1 atom stereocenters. The number of hydrogen-bond acceptors (Lipinski definition) is 3. The predicted molar refractivity (Wildman–Crippen MR) is 51.8 cm³/mol. The number of nitriles is 1. The van der Waals surface area contributed by atoms with Gasteiger partial charge in [-0.05, 0) is 17.7 Å². The fourth-order valence-electron chi connectivity index (χ4n) is 1.04. The van der Waals surface area contributed by atoms with Crippen molar-refractivity contribution in [3.05, 3.63) is 34.9 Å². The van der Waals surface area contributed by atoms with Crippen molar-refractivity contribution >= 4 is 17.6 Å². The van der Waals surface area contributed by atoms with Gasteiger partial charge < -0.3 is 4.74 Å². The van der Waals surface area contributed by atoms with E-state index in [4.69, 9.17) is 16.9 Å². The van der Waals surface area contributed by atoms with Crippen LogP contribution in [0.3, 0.4) is 0 Å².